The molecule has 0 radical (unpaired) electrons. The molecular weight excluding hydrogens is 292 g/mol. The zero-order chi connectivity index (χ0) is 16.1. The van der Waals surface area contributed by atoms with Crippen molar-refractivity contribution >= 4 is 16.1 Å². The largest absolute Gasteiger partial charge is 0.444 e. The maximum Gasteiger partial charge on any atom is 0.407 e. The van der Waals surface area contributed by atoms with Crippen LogP contribution in [0.2, 0.25) is 0 Å². The monoisotopic (exact) mass is 314 g/mol. The summed E-state index contributed by atoms with van der Waals surface area (Å²) < 4.78 is 31.4. The van der Waals surface area contributed by atoms with Crippen LogP contribution in [0.3, 0.4) is 0 Å². The van der Waals surface area contributed by atoms with Crippen LogP contribution in [0, 0.1) is 6.92 Å². The lowest BCUT2D eigenvalue weighted by Crippen LogP contribution is -2.37. The van der Waals surface area contributed by atoms with Gasteiger partial charge in [-0.2, -0.15) is 0 Å². The van der Waals surface area contributed by atoms with Crippen LogP contribution >= 0.6 is 0 Å². The van der Waals surface area contributed by atoms with E-state index >= 15 is 0 Å². The van der Waals surface area contributed by atoms with E-state index in [0.717, 1.165) is 5.56 Å². The van der Waals surface area contributed by atoms with Crippen molar-refractivity contribution in [2.24, 2.45) is 0 Å². The first-order valence-corrected chi connectivity index (χ1v) is 8.12. The summed E-state index contributed by atoms with van der Waals surface area (Å²) in [4.78, 5) is 11.6. The fraction of sp³-hybridized carbons (Fsp3) is 0.500. The zero-order valence-corrected chi connectivity index (χ0v) is 13.6. The third kappa shape index (κ3) is 6.59. The van der Waals surface area contributed by atoms with Gasteiger partial charge in [-0.3, -0.25) is 0 Å². The van der Waals surface area contributed by atoms with E-state index in [2.05, 4.69) is 10.0 Å². The molecule has 0 saturated heterocycles. The van der Waals surface area contributed by atoms with Crippen LogP contribution in [-0.2, 0) is 14.8 Å². The van der Waals surface area contributed by atoms with E-state index < -0.39 is 21.7 Å². The molecule has 1 aromatic carbocycles. The number of aryl methyl sites for hydroxylation is 1. The van der Waals surface area contributed by atoms with Gasteiger partial charge in [0, 0.05) is 13.1 Å². The Bertz CT molecular complexity index is 574. The molecular formula is C14H22N2O4S. The fourth-order valence-electron chi connectivity index (χ4n) is 1.46. The van der Waals surface area contributed by atoms with E-state index in [1.54, 1.807) is 45.0 Å². The Labute approximate surface area is 125 Å². The van der Waals surface area contributed by atoms with Crippen molar-refractivity contribution in [3.05, 3.63) is 29.8 Å². The van der Waals surface area contributed by atoms with Gasteiger partial charge in [0.15, 0.2) is 0 Å². The number of carbonyl (C=O) groups excluding carboxylic acids is 1. The average Bonchev–Trinajstić information content (AvgIpc) is 2.33. The molecule has 0 atom stereocenters. The van der Waals surface area contributed by atoms with Crippen molar-refractivity contribution in [3.63, 3.8) is 0 Å². The molecule has 1 amide bonds. The molecule has 0 bridgehead atoms. The molecule has 0 spiro atoms. The number of rotatable bonds is 5. The molecule has 0 saturated carbocycles. The van der Waals surface area contributed by atoms with Gasteiger partial charge in [0.1, 0.15) is 5.60 Å². The van der Waals surface area contributed by atoms with Gasteiger partial charge >= 0.3 is 6.09 Å². The molecule has 1 aromatic rings. The minimum Gasteiger partial charge on any atom is -0.444 e. The molecule has 2 N–H and O–H groups in total. The third-order valence-corrected chi connectivity index (χ3v) is 3.89. The van der Waals surface area contributed by atoms with E-state index in [1.165, 1.54) is 0 Å². The molecule has 0 unspecified atom stereocenters. The van der Waals surface area contributed by atoms with Crippen molar-refractivity contribution in [1.82, 2.24) is 10.0 Å². The number of hydrogen-bond acceptors (Lipinski definition) is 4. The van der Waals surface area contributed by atoms with Crippen LogP contribution in [0.5, 0.6) is 0 Å². The van der Waals surface area contributed by atoms with Crippen molar-refractivity contribution < 1.29 is 17.9 Å². The van der Waals surface area contributed by atoms with Crippen LogP contribution in [0.4, 0.5) is 4.79 Å². The highest BCUT2D eigenvalue weighted by Gasteiger charge is 2.16. The number of amides is 1. The summed E-state index contributed by atoms with van der Waals surface area (Å²) in [6, 6.07) is 6.54. The Kier molecular flexibility index (Phi) is 5.74. The number of hydrogen-bond donors (Lipinski definition) is 2. The lowest BCUT2D eigenvalue weighted by atomic mass is 10.2. The summed E-state index contributed by atoms with van der Waals surface area (Å²) in [5, 5.41) is 2.48. The summed E-state index contributed by atoms with van der Waals surface area (Å²) in [6.07, 6.45) is -0.572. The van der Waals surface area contributed by atoms with E-state index in [4.69, 9.17) is 4.74 Å². The summed E-state index contributed by atoms with van der Waals surface area (Å²) in [7, 11) is -3.55. The first-order chi connectivity index (χ1) is 9.60. The quantitative estimate of drug-likeness (QED) is 0.812. The molecule has 0 aromatic heterocycles. The molecule has 0 aliphatic rings. The second kappa shape index (κ2) is 6.91. The highest BCUT2D eigenvalue weighted by molar-refractivity contribution is 7.89. The summed E-state index contributed by atoms with van der Waals surface area (Å²) in [5.41, 5.74) is 0.409. The smallest absolute Gasteiger partial charge is 0.407 e. The van der Waals surface area contributed by atoms with Gasteiger partial charge in [-0.1, -0.05) is 17.7 Å². The van der Waals surface area contributed by atoms with Crippen LogP contribution in [0.1, 0.15) is 26.3 Å². The highest BCUT2D eigenvalue weighted by atomic mass is 32.2. The van der Waals surface area contributed by atoms with Crippen molar-refractivity contribution in [2.45, 2.75) is 38.2 Å². The third-order valence-electron chi connectivity index (χ3n) is 2.42. The number of sulfonamides is 1. The van der Waals surface area contributed by atoms with Gasteiger partial charge in [0.25, 0.3) is 0 Å². The highest BCUT2D eigenvalue weighted by Crippen LogP contribution is 2.09. The van der Waals surface area contributed by atoms with Gasteiger partial charge in [-0.15, -0.1) is 0 Å². The molecule has 0 fully saturated rings. The second-order valence-electron chi connectivity index (χ2n) is 5.64. The van der Waals surface area contributed by atoms with E-state index in [1.807, 2.05) is 6.92 Å². The van der Waals surface area contributed by atoms with E-state index in [9.17, 15) is 13.2 Å². The van der Waals surface area contributed by atoms with Crippen LogP contribution in [0.25, 0.3) is 0 Å². The van der Waals surface area contributed by atoms with Crippen molar-refractivity contribution in [3.8, 4) is 0 Å². The topological polar surface area (TPSA) is 84.5 Å². The average molecular weight is 314 g/mol. The Balaban J connectivity index is 2.41. The van der Waals surface area contributed by atoms with Crippen molar-refractivity contribution in [1.29, 1.82) is 0 Å². The Hall–Kier alpha value is -1.60. The van der Waals surface area contributed by atoms with Crippen LogP contribution in [0.15, 0.2) is 29.2 Å². The minimum absolute atomic E-state index is 0.0927. The minimum atomic E-state index is -3.55. The first kappa shape index (κ1) is 17.5. The number of nitrogens with one attached hydrogen (secondary N) is 2. The van der Waals surface area contributed by atoms with Crippen LogP contribution < -0.4 is 10.0 Å². The summed E-state index contributed by atoms with van der Waals surface area (Å²) in [6.45, 7) is 7.40. The van der Waals surface area contributed by atoms with Crippen molar-refractivity contribution in [2.75, 3.05) is 13.1 Å². The Morgan fingerprint density at radius 1 is 1.14 bits per heavy atom. The maximum absolute atomic E-state index is 12.0. The number of ether oxygens (including phenoxy) is 1. The Morgan fingerprint density at radius 2 is 1.71 bits per heavy atom. The number of benzene rings is 1. The lowest BCUT2D eigenvalue weighted by Gasteiger charge is -2.19. The molecule has 0 heterocycles. The lowest BCUT2D eigenvalue weighted by molar-refractivity contribution is 0.0529. The standard InChI is InChI=1S/C14H22N2O4S/c1-11-5-7-12(8-6-11)21(18,19)16-10-9-15-13(17)20-14(2,3)4/h5-8,16H,9-10H2,1-4H3,(H,15,17). The first-order valence-electron chi connectivity index (χ1n) is 6.63. The predicted molar refractivity (Wildman–Crippen MR) is 80.6 cm³/mol. The zero-order valence-electron chi connectivity index (χ0n) is 12.8. The fourth-order valence-corrected chi connectivity index (χ4v) is 2.50. The van der Waals surface area contributed by atoms with Gasteiger partial charge in [-0.05, 0) is 39.8 Å². The van der Waals surface area contributed by atoms with Gasteiger partial charge in [0.2, 0.25) is 10.0 Å². The number of carbonyl (C=O) groups is 1. The molecule has 6 nitrogen and oxygen atoms in total. The van der Waals surface area contributed by atoms with E-state index in [-0.39, 0.29) is 18.0 Å². The predicted octanol–water partition coefficient (Wildman–Crippen LogP) is 1.80. The molecule has 7 heteroatoms. The summed E-state index contributed by atoms with van der Waals surface area (Å²) >= 11 is 0. The summed E-state index contributed by atoms with van der Waals surface area (Å²) in [5.74, 6) is 0. The molecule has 0 aliphatic carbocycles. The molecule has 0 aliphatic heterocycles. The van der Waals surface area contributed by atoms with Gasteiger partial charge < -0.3 is 10.1 Å². The normalized spacial score (nSPS) is 12.0. The van der Waals surface area contributed by atoms with Crippen LogP contribution in [-0.4, -0.2) is 33.2 Å². The Morgan fingerprint density at radius 3 is 2.24 bits per heavy atom. The van der Waals surface area contributed by atoms with E-state index in [0.29, 0.717) is 0 Å². The SMILES string of the molecule is Cc1ccc(S(=O)(=O)NCCNC(=O)OC(C)(C)C)cc1. The van der Waals surface area contributed by atoms with Gasteiger partial charge in [-0.25, -0.2) is 17.9 Å². The second-order valence-corrected chi connectivity index (χ2v) is 7.41. The number of alkyl carbamates (subject to hydrolysis) is 1. The van der Waals surface area contributed by atoms with Gasteiger partial charge in [0.05, 0.1) is 4.90 Å². The molecule has 118 valence electrons. The molecule has 21 heavy (non-hydrogen) atoms. The molecule has 1 rings (SSSR count). The maximum atomic E-state index is 12.0.